The van der Waals surface area contributed by atoms with Crippen LogP contribution in [0.3, 0.4) is 0 Å². The molecular formula is C15H13N3S. The van der Waals surface area contributed by atoms with E-state index in [4.69, 9.17) is 5.73 Å². The van der Waals surface area contributed by atoms with E-state index in [-0.39, 0.29) is 0 Å². The number of nitrogens with two attached hydrogens (primary N) is 1. The van der Waals surface area contributed by atoms with E-state index in [0.717, 1.165) is 16.0 Å². The molecule has 0 amide bonds. The van der Waals surface area contributed by atoms with Gasteiger partial charge >= 0.3 is 0 Å². The number of pyridine rings is 1. The molecule has 0 saturated heterocycles. The Balaban J connectivity index is 2.59. The fourth-order valence-electron chi connectivity index (χ4n) is 1.79. The monoisotopic (exact) mass is 267 g/mol. The molecule has 0 saturated carbocycles. The van der Waals surface area contributed by atoms with Crippen molar-refractivity contribution >= 4 is 23.0 Å². The highest BCUT2D eigenvalue weighted by molar-refractivity contribution is 7.98. The molecule has 0 aliphatic heterocycles. The zero-order valence-electron chi connectivity index (χ0n) is 10.5. The van der Waals surface area contributed by atoms with Gasteiger partial charge in [-0.15, -0.1) is 11.8 Å². The number of hydrogen-bond acceptors (Lipinski definition) is 4. The molecule has 0 spiro atoms. The van der Waals surface area contributed by atoms with E-state index in [9.17, 15) is 5.26 Å². The molecular weight excluding hydrogens is 254 g/mol. The molecule has 1 aromatic carbocycles. The number of thioether (sulfide) groups is 1. The number of aromatic nitrogens is 1. The van der Waals surface area contributed by atoms with Gasteiger partial charge in [-0.2, -0.15) is 5.26 Å². The summed E-state index contributed by atoms with van der Waals surface area (Å²) in [5, 5.41) is 9.35. The van der Waals surface area contributed by atoms with E-state index in [1.165, 1.54) is 0 Å². The molecule has 1 heterocycles. The number of hydrogen-bond donors (Lipinski definition) is 1. The van der Waals surface area contributed by atoms with Gasteiger partial charge in [0.05, 0.1) is 11.3 Å². The Morgan fingerprint density at radius 1 is 1.26 bits per heavy atom. The highest BCUT2D eigenvalue weighted by Gasteiger charge is 2.11. The van der Waals surface area contributed by atoms with Gasteiger partial charge in [-0.05, 0) is 18.4 Å². The summed E-state index contributed by atoms with van der Waals surface area (Å²) >= 11 is 1.61. The van der Waals surface area contributed by atoms with E-state index in [2.05, 4.69) is 11.1 Å². The van der Waals surface area contributed by atoms with Gasteiger partial charge in [0.2, 0.25) is 0 Å². The molecule has 3 nitrogen and oxygen atoms in total. The molecule has 0 aliphatic rings. The minimum Gasteiger partial charge on any atom is -0.397 e. The first-order valence-electron chi connectivity index (χ1n) is 5.71. The van der Waals surface area contributed by atoms with Crippen molar-refractivity contribution in [2.24, 2.45) is 5.73 Å². The van der Waals surface area contributed by atoms with Crippen LogP contribution in [0.2, 0.25) is 0 Å². The summed E-state index contributed by atoms with van der Waals surface area (Å²) in [6.45, 7) is 0. The molecule has 2 aromatic rings. The Kier molecular flexibility index (Phi) is 4.22. The van der Waals surface area contributed by atoms with Crippen LogP contribution in [0.5, 0.6) is 0 Å². The summed E-state index contributed by atoms with van der Waals surface area (Å²) in [7, 11) is 0. The molecule has 0 unspecified atom stereocenters. The summed E-state index contributed by atoms with van der Waals surface area (Å²) in [5.74, 6) is 0. The quantitative estimate of drug-likeness (QED) is 0.685. The largest absolute Gasteiger partial charge is 0.397 e. The van der Waals surface area contributed by atoms with Crippen LogP contribution in [0.25, 0.3) is 11.3 Å². The lowest BCUT2D eigenvalue weighted by molar-refractivity contribution is 1.30. The first-order valence-corrected chi connectivity index (χ1v) is 6.94. The van der Waals surface area contributed by atoms with Crippen LogP contribution >= 0.6 is 11.8 Å². The van der Waals surface area contributed by atoms with E-state index >= 15 is 0 Å². The normalized spacial score (nSPS) is 11.6. The maximum Gasteiger partial charge on any atom is 0.102 e. The molecule has 2 rings (SSSR count). The second kappa shape index (κ2) is 6.07. The lowest BCUT2D eigenvalue weighted by atomic mass is 10.0. The Morgan fingerprint density at radius 3 is 2.68 bits per heavy atom. The number of nitrogens with zero attached hydrogens (tertiary/aromatic N) is 2. The van der Waals surface area contributed by atoms with Gasteiger partial charge in [-0.25, -0.2) is 0 Å². The molecule has 4 heteroatoms. The highest BCUT2D eigenvalue weighted by atomic mass is 32.2. The molecule has 2 N–H and O–H groups in total. The molecule has 0 fully saturated rings. The second-order valence-corrected chi connectivity index (χ2v) is 4.69. The maximum atomic E-state index is 9.35. The zero-order valence-corrected chi connectivity index (χ0v) is 11.3. The Hall–Kier alpha value is -2.25. The van der Waals surface area contributed by atoms with Gasteiger partial charge < -0.3 is 5.73 Å². The summed E-state index contributed by atoms with van der Waals surface area (Å²) < 4.78 is 0. The fraction of sp³-hybridized carbons (Fsp3) is 0.0667. The van der Waals surface area contributed by atoms with Crippen LogP contribution in [-0.2, 0) is 0 Å². The number of rotatable bonds is 3. The smallest absolute Gasteiger partial charge is 0.102 e. The fourth-order valence-corrected chi connectivity index (χ4v) is 2.41. The highest BCUT2D eigenvalue weighted by Crippen LogP contribution is 2.28. The average Bonchev–Trinajstić information content (AvgIpc) is 2.49. The second-order valence-electron chi connectivity index (χ2n) is 3.84. The first-order chi connectivity index (χ1) is 9.27. The van der Waals surface area contributed by atoms with Crippen molar-refractivity contribution in [2.45, 2.75) is 4.90 Å². The SMILES string of the molecule is CSc1ccccc1/C(N)=C(/C#N)c1cccnc1. The predicted molar refractivity (Wildman–Crippen MR) is 79.1 cm³/mol. The van der Waals surface area contributed by atoms with E-state index < -0.39 is 0 Å². The van der Waals surface area contributed by atoms with Crippen LogP contribution in [0.1, 0.15) is 11.1 Å². The Morgan fingerprint density at radius 2 is 2.05 bits per heavy atom. The summed E-state index contributed by atoms with van der Waals surface area (Å²) in [6, 6.07) is 13.6. The zero-order chi connectivity index (χ0) is 13.7. The lowest BCUT2D eigenvalue weighted by Crippen LogP contribution is -2.02. The first kappa shape index (κ1) is 13.2. The van der Waals surface area contributed by atoms with Gasteiger partial charge in [-0.1, -0.05) is 24.3 Å². The van der Waals surface area contributed by atoms with E-state index in [1.807, 2.05) is 36.6 Å². The van der Waals surface area contributed by atoms with Gasteiger partial charge in [0.25, 0.3) is 0 Å². The van der Waals surface area contributed by atoms with Gasteiger partial charge in [-0.3, -0.25) is 4.98 Å². The van der Waals surface area contributed by atoms with Crippen molar-refractivity contribution in [3.05, 3.63) is 59.9 Å². The van der Waals surface area contributed by atoms with E-state index in [0.29, 0.717) is 11.3 Å². The van der Waals surface area contributed by atoms with Crippen molar-refractivity contribution in [1.82, 2.24) is 4.98 Å². The minimum absolute atomic E-state index is 0.453. The molecule has 1 aromatic heterocycles. The van der Waals surface area contributed by atoms with Crippen LogP contribution in [0, 0.1) is 11.3 Å². The van der Waals surface area contributed by atoms with Crippen molar-refractivity contribution in [2.75, 3.05) is 6.26 Å². The third-order valence-corrected chi connectivity index (χ3v) is 3.52. The predicted octanol–water partition coefficient (Wildman–Crippen LogP) is 3.15. The molecule has 19 heavy (non-hydrogen) atoms. The Bertz CT molecular complexity index is 642. The molecule has 0 bridgehead atoms. The van der Waals surface area contributed by atoms with Crippen LogP contribution < -0.4 is 5.73 Å². The van der Waals surface area contributed by atoms with Crippen molar-refractivity contribution in [1.29, 1.82) is 5.26 Å². The molecule has 0 aliphatic carbocycles. The molecule has 0 radical (unpaired) electrons. The van der Waals surface area contributed by atoms with Gasteiger partial charge in [0.1, 0.15) is 6.07 Å². The van der Waals surface area contributed by atoms with Gasteiger partial charge in [0.15, 0.2) is 0 Å². The van der Waals surface area contributed by atoms with Crippen molar-refractivity contribution < 1.29 is 0 Å². The lowest BCUT2D eigenvalue weighted by Gasteiger charge is -2.09. The van der Waals surface area contributed by atoms with Crippen LogP contribution in [0.4, 0.5) is 0 Å². The summed E-state index contributed by atoms with van der Waals surface area (Å²) in [6.07, 6.45) is 5.31. The maximum absolute atomic E-state index is 9.35. The topological polar surface area (TPSA) is 62.7 Å². The van der Waals surface area contributed by atoms with Crippen LogP contribution in [0.15, 0.2) is 53.7 Å². The summed E-state index contributed by atoms with van der Waals surface area (Å²) in [4.78, 5) is 5.08. The standard InChI is InChI=1S/C15H13N3S/c1-19-14-7-3-2-6-12(14)15(17)13(9-16)11-5-4-8-18-10-11/h2-8,10H,17H2,1H3/b15-13+. The molecule has 0 atom stereocenters. The molecule has 94 valence electrons. The van der Waals surface area contributed by atoms with Crippen LogP contribution in [-0.4, -0.2) is 11.2 Å². The third-order valence-electron chi connectivity index (χ3n) is 2.73. The number of nitriles is 1. The Labute approximate surface area is 116 Å². The summed E-state index contributed by atoms with van der Waals surface area (Å²) in [5.41, 5.74) is 8.73. The van der Waals surface area contributed by atoms with E-state index in [1.54, 1.807) is 30.2 Å². The average molecular weight is 267 g/mol. The number of allylic oxidation sites excluding steroid dienone is 1. The van der Waals surface area contributed by atoms with Gasteiger partial charge in [0, 0.05) is 28.4 Å². The van der Waals surface area contributed by atoms with Crippen molar-refractivity contribution in [3.8, 4) is 6.07 Å². The van der Waals surface area contributed by atoms with Crippen molar-refractivity contribution in [3.63, 3.8) is 0 Å². The minimum atomic E-state index is 0.453. The third kappa shape index (κ3) is 2.78. The number of benzene rings is 1.